The van der Waals surface area contributed by atoms with E-state index in [1.807, 2.05) is 19.9 Å². The number of ether oxygens (including phenoxy) is 1. The fourth-order valence-electron chi connectivity index (χ4n) is 6.68. The molecule has 1 saturated carbocycles. The van der Waals surface area contributed by atoms with Crippen molar-refractivity contribution in [1.29, 1.82) is 0 Å². The fourth-order valence-corrected chi connectivity index (χ4v) is 7.94. The zero-order chi connectivity index (χ0) is 31.5. The Morgan fingerprint density at radius 3 is 2.35 bits per heavy atom. The van der Waals surface area contributed by atoms with Crippen LogP contribution in [0, 0.1) is 11.2 Å². The van der Waals surface area contributed by atoms with E-state index in [2.05, 4.69) is 33.9 Å². The second kappa shape index (κ2) is 11.4. The molecule has 237 valence electrons. The van der Waals surface area contributed by atoms with Crippen LogP contribution in [0.5, 0.6) is 0 Å². The monoisotopic (exact) mass is 619 g/mol. The van der Waals surface area contributed by atoms with Gasteiger partial charge in [0, 0.05) is 34.2 Å². The van der Waals surface area contributed by atoms with E-state index in [4.69, 9.17) is 14.1 Å². The third-order valence-electron chi connectivity index (χ3n) is 10.2. The second-order valence-electron chi connectivity index (χ2n) is 14.6. The third-order valence-corrected chi connectivity index (χ3v) is 14.7. The number of pyridine rings is 1. The van der Waals surface area contributed by atoms with E-state index in [0.717, 1.165) is 60.2 Å². The van der Waals surface area contributed by atoms with Crippen LogP contribution in [0.1, 0.15) is 124 Å². The van der Waals surface area contributed by atoms with Gasteiger partial charge >= 0.3 is 6.18 Å². The first-order valence-electron chi connectivity index (χ1n) is 15.5. The van der Waals surface area contributed by atoms with E-state index in [1.165, 1.54) is 6.42 Å². The van der Waals surface area contributed by atoms with E-state index in [9.17, 15) is 18.3 Å². The van der Waals surface area contributed by atoms with Crippen LogP contribution in [0.25, 0.3) is 5.57 Å². The maximum Gasteiger partial charge on any atom is 0.416 e. The molecule has 2 aliphatic carbocycles. The van der Waals surface area contributed by atoms with Gasteiger partial charge in [-0.1, -0.05) is 53.2 Å². The number of nitrogens with zero attached hydrogens (tertiary/aromatic N) is 1. The van der Waals surface area contributed by atoms with Gasteiger partial charge in [-0.05, 0) is 75.0 Å². The van der Waals surface area contributed by atoms with Crippen LogP contribution in [-0.2, 0) is 21.8 Å². The van der Waals surface area contributed by atoms with Crippen molar-refractivity contribution in [1.82, 2.24) is 4.98 Å². The second-order valence-corrected chi connectivity index (χ2v) is 19.3. The Labute approximate surface area is 254 Å². The van der Waals surface area contributed by atoms with Crippen LogP contribution >= 0.6 is 0 Å². The number of alkyl halides is 3. The molecule has 9 heteroatoms. The summed E-state index contributed by atoms with van der Waals surface area (Å²) in [7, 11) is -2.26. The van der Waals surface area contributed by atoms with Crippen molar-refractivity contribution in [3.05, 3.63) is 69.3 Å². The molecule has 1 N–H and O–H groups in total. The molecule has 2 atom stereocenters. The highest BCUT2D eigenvalue weighted by Gasteiger charge is 2.47. The SMILES string of the molecule is CC(C)c1nc2c(c(C3=CCOCC3)c1[C@H](O)c1ccc(C(F)(F)F)cc1F)[C@@H](O[Si-](C)(C)C(C)(C)C)CC1(CCC1)C2. The third kappa shape index (κ3) is 6.11. The van der Waals surface area contributed by atoms with E-state index >= 15 is 4.39 Å². The number of aromatic nitrogens is 1. The van der Waals surface area contributed by atoms with Gasteiger partial charge in [-0.25, -0.2) is 4.39 Å². The van der Waals surface area contributed by atoms with E-state index in [-0.39, 0.29) is 28.0 Å². The van der Waals surface area contributed by atoms with Crippen molar-refractivity contribution in [3.8, 4) is 0 Å². The molecule has 2 heterocycles. The van der Waals surface area contributed by atoms with Crippen molar-refractivity contribution >= 4 is 13.9 Å². The van der Waals surface area contributed by atoms with Crippen LogP contribution < -0.4 is 0 Å². The average molecular weight is 620 g/mol. The van der Waals surface area contributed by atoms with Crippen molar-refractivity contribution in [2.75, 3.05) is 13.2 Å². The molecule has 0 radical (unpaired) electrons. The van der Waals surface area contributed by atoms with Gasteiger partial charge < -0.3 is 14.3 Å². The van der Waals surface area contributed by atoms with Crippen molar-refractivity contribution in [2.24, 2.45) is 5.41 Å². The Morgan fingerprint density at radius 1 is 1.14 bits per heavy atom. The summed E-state index contributed by atoms with van der Waals surface area (Å²) in [6.45, 7) is 16.0. The Balaban J connectivity index is 1.78. The van der Waals surface area contributed by atoms with Gasteiger partial charge in [0.2, 0.25) is 0 Å². The number of hydrogen-bond acceptors (Lipinski definition) is 4. The molecule has 0 saturated heterocycles. The van der Waals surface area contributed by atoms with Gasteiger partial charge in [-0.15, -0.1) is 18.1 Å². The minimum absolute atomic E-state index is 0.0352. The number of hydrogen-bond donors (Lipinski definition) is 1. The van der Waals surface area contributed by atoms with E-state index in [0.29, 0.717) is 37.0 Å². The van der Waals surface area contributed by atoms with Crippen molar-refractivity contribution in [2.45, 2.75) is 116 Å². The maximum atomic E-state index is 15.4. The molecule has 1 spiro atoms. The molecule has 1 aliphatic heterocycles. The van der Waals surface area contributed by atoms with E-state index in [1.54, 1.807) is 0 Å². The highest BCUT2D eigenvalue weighted by atomic mass is 28.4. The minimum atomic E-state index is -4.69. The molecule has 1 fully saturated rings. The first-order valence-corrected chi connectivity index (χ1v) is 18.4. The molecule has 0 amide bonds. The predicted molar refractivity (Wildman–Crippen MR) is 163 cm³/mol. The Hall–Kier alpha value is -2.07. The van der Waals surface area contributed by atoms with Crippen molar-refractivity contribution in [3.63, 3.8) is 0 Å². The standard InChI is InChI=1S/C34H45F4NO3Si/c1-20(2)30-29(31(40)23-10-9-22(17-24(23)35)34(36,37)38)27(21-11-15-41-16-12-21)28-25(39-30)18-33(13-8-14-33)19-26(28)42-43(6,7)32(3,4)5/h9-11,17,20,26,31,40H,8,12-16,18-19H2,1-7H3/q-1/t26-,31+/m0/s1. The molecular weight excluding hydrogens is 574 g/mol. The normalized spacial score (nSPS) is 21.4. The number of benzene rings is 1. The average Bonchev–Trinajstić information content (AvgIpc) is 2.89. The number of halogens is 4. The largest absolute Gasteiger partial charge is 0.559 e. The zero-order valence-corrected chi connectivity index (χ0v) is 27.4. The van der Waals surface area contributed by atoms with Crippen LogP contribution in [0.2, 0.25) is 18.1 Å². The molecule has 2 aromatic rings. The Bertz CT molecular complexity index is 1410. The quantitative estimate of drug-likeness (QED) is 0.259. The van der Waals surface area contributed by atoms with Crippen molar-refractivity contribution < 1.29 is 31.8 Å². The summed E-state index contributed by atoms with van der Waals surface area (Å²) in [5.74, 6) is -1.21. The van der Waals surface area contributed by atoms with Crippen LogP contribution in [0.3, 0.4) is 0 Å². The molecule has 1 aromatic heterocycles. The topological polar surface area (TPSA) is 51.6 Å². The van der Waals surface area contributed by atoms with Gasteiger partial charge in [-0.2, -0.15) is 13.2 Å². The Morgan fingerprint density at radius 2 is 1.84 bits per heavy atom. The molecular formula is C34H45F4NO3Si-. The minimum Gasteiger partial charge on any atom is -0.559 e. The molecule has 0 unspecified atom stereocenters. The fraction of sp³-hybridized carbons (Fsp3) is 0.618. The summed E-state index contributed by atoms with van der Waals surface area (Å²) in [6.07, 6.45) is 1.26. The lowest BCUT2D eigenvalue weighted by Crippen LogP contribution is -2.46. The lowest BCUT2D eigenvalue weighted by Gasteiger charge is -2.56. The number of rotatable bonds is 6. The summed E-state index contributed by atoms with van der Waals surface area (Å²) >= 11 is 0. The molecule has 3 aliphatic rings. The number of aliphatic hydroxyl groups is 1. The van der Waals surface area contributed by atoms with Crippen LogP contribution in [0.4, 0.5) is 17.6 Å². The summed E-state index contributed by atoms with van der Waals surface area (Å²) in [5, 5.41) is 11.9. The maximum absolute atomic E-state index is 15.4. The predicted octanol–water partition coefficient (Wildman–Crippen LogP) is 9.43. The zero-order valence-electron chi connectivity index (χ0n) is 26.4. The summed E-state index contributed by atoms with van der Waals surface area (Å²) in [4.78, 5) is 5.24. The van der Waals surface area contributed by atoms with Crippen LogP contribution in [0.15, 0.2) is 24.3 Å². The molecule has 4 nitrogen and oxygen atoms in total. The van der Waals surface area contributed by atoms with Gasteiger partial charge in [0.05, 0.1) is 18.8 Å². The lowest BCUT2D eigenvalue weighted by molar-refractivity contribution is -0.137. The highest BCUT2D eigenvalue weighted by Crippen LogP contribution is 2.57. The smallest absolute Gasteiger partial charge is 0.416 e. The Kier molecular flexibility index (Phi) is 8.55. The molecule has 1 aromatic carbocycles. The first-order chi connectivity index (χ1) is 19.9. The van der Waals surface area contributed by atoms with E-state index < -0.39 is 32.0 Å². The number of aliphatic hydroxyl groups excluding tert-OH is 1. The molecule has 43 heavy (non-hydrogen) atoms. The summed E-state index contributed by atoms with van der Waals surface area (Å²) in [6, 6.07) is 2.36. The summed E-state index contributed by atoms with van der Waals surface area (Å²) < 4.78 is 68.4. The first kappa shape index (κ1) is 32.3. The molecule has 5 rings (SSSR count). The van der Waals surface area contributed by atoms with Gasteiger partial charge in [0.15, 0.2) is 0 Å². The summed E-state index contributed by atoms with van der Waals surface area (Å²) in [5.41, 5.74) is 3.70. The number of fused-ring (bicyclic) bond motifs is 1. The highest BCUT2D eigenvalue weighted by molar-refractivity contribution is 6.74. The van der Waals surface area contributed by atoms with Gasteiger partial charge in [-0.3, -0.25) is 4.98 Å². The van der Waals surface area contributed by atoms with Crippen LogP contribution in [-0.4, -0.2) is 31.6 Å². The van der Waals surface area contributed by atoms with Gasteiger partial charge in [0.1, 0.15) is 11.9 Å². The molecule has 0 bridgehead atoms. The lowest BCUT2D eigenvalue weighted by atomic mass is 9.59. The van der Waals surface area contributed by atoms with Gasteiger partial charge in [0.25, 0.3) is 0 Å².